The minimum Gasteiger partial charge on any atom is -0.459 e. The van der Waals surface area contributed by atoms with E-state index in [1.165, 1.54) is 25.5 Å². The topological polar surface area (TPSA) is 67.4 Å². The fourth-order valence-corrected chi connectivity index (χ4v) is 2.44. The summed E-state index contributed by atoms with van der Waals surface area (Å²) in [4.78, 5) is 11.8. The molecular weight excluding hydrogens is 232 g/mol. The van der Waals surface area contributed by atoms with Crippen LogP contribution >= 0.6 is 0 Å². The van der Waals surface area contributed by atoms with Gasteiger partial charge in [0.15, 0.2) is 11.2 Å². The number of fused-ring (bicyclic) bond motifs is 1. The van der Waals surface area contributed by atoms with Crippen molar-refractivity contribution in [2.45, 2.75) is 38.1 Å². The fourth-order valence-electron chi connectivity index (χ4n) is 2.44. The normalized spacial score (nSPS) is 16.9. The Hall–Kier alpha value is -1.91. The number of carbonyl (C=O) groups is 1. The minimum atomic E-state index is -0.194. The summed E-state index contributed by atoms with van der Waals surface area (Å²) in [7, 11) is 0. The Labute approximate surface area is 105 Å². The van der Waals surface area contributed by atoms with Crippen LogP contribution in [-0.2, 0) is 0 Å². The zero-order valence-corrected chi connectivity index (χ0v) is 10.1. The molecule has 1 saturated carbocycles. The molecule has 1 fully saturated rings. The molecule has 0 radical (unpaired) electrons. The maximum Gasteiger partial charge on any atom is 0.319 e. The molecule has 0 aromatic carbocycles. The molecule has 1 aliphatic rings. The third-order valence-corrected chi connectivity index (χ3v) is 3.37. The van der Waals surface area contributed by atoms with Crippen molar-refractivity contribution in [1.82, 2.24) is 5.32 Å². The van der Waals surface area contributed by atoms with Gasteiger partial charge in [0.1, 0.15) is 12.0 Å². The van der Waals surface area contributed by atoms with Crippen LogP contribution in [0.3, 0.4) is 0 Å². The molecule has 0 spiro atoms. The van der Waals surface area contributed by atoms with Crippen LogP contribution in [0.5, 0.6) is 0 Å². The number of urea groups is 1. The van der Waals surface area contributed by atoms with Gasteiger partial charge in [-0.15, -0.1) is 0 Å². The number of hydrogen-bond acceptors (Lipinski definition) is 3. The molecule has 3 rings (SSSR count). The third-order valence-electron chi connectivity index (χ3n) is 3.37. The quantitative estimate of drug-likeness (QED) is 0.854. The molecule has 1 aliphatic carbocycles. The van der Waals surface area contributed by atoms with E-state index in [1.807, 2.05) is 0 Å². The zero-order chi connectivity index (χ0) is 12.4. The highest BCUT2D eigenvalue weighted by Crippen LogP contribution is 2.26. The Kier molecular flexibility index (Phi) is 2.96. The van der Waals surface area contributed by atoms with Gasteiger partial charge in [-0.25, -0.2) is 4.79 Å². The number of hydrogen-bond donors (Lipinski definition) is 2. The highest BCUT2D eigenvalue weighted by atomic mass is 16.4. The van der Waals surface area contributed by atoms with Crippen LogP contribution in [-0.4, -0.2) is 12.1 Å². The number of carbonyl (C=O) groups excluding carboxylic acids is 1. The molecule has 0 bridgehead atoms. The van der Waals surface area contributed by atoms with Gasteiger partial charge in [0, 0.05) is 12.1 Å². The van der Waals surface area contributed by atoms with Crippen LogP contribution in [0.15, 0.2) is 27.4 Å². The summed E-state index contributed by atoms with van der Waals surface area (Å²) in [5, 5.41) is 5.74. The molecule has 2 amide bonds. The van der Waals surface area contributed by atoms with E-state index in [0.29, 0.717) is 16.9 Å². The SMILES string of the molecule is O=C(Nc1coc2ccoc12)NC1CCCCC1. The molecule has 2 aromatic rings. The molecule has 2 N–H and O–H groups in total. The molecule has 5 nitrogen and oxygen atoms in total. The lowest BCUT2D eigenvalue weighted by molar-refractivity contribution is 0.244. The van der Waals surface area contributed by atoms with E-state index in [1.54, 1.807) is 12.3 Å². The van der Waals surface area contributed by atoms with Gasteiger partial charge in [0.05, 0.1) is 6.26 Å². The standard InChI is InChI=1S/C13H16N2O3/c16-13(14-9-4-2-1-3-5-9)15-10-8-18-11-6-7-17-12(10)11/h6-9H,1-5H2,(H2,14,15,16). The Balaban J connectivity index is 1.62. The second-order valence-corrected chi connectivity index (χ2v) is 4.70. The summed E-state index contributed by atoms with van der Waals surface area (Å²) in [6, 6.07) is 1.82. The lowest BCUT2D eigenvalue weighted by Crippen LogP contribution is -2.38. The molecule has 2 aromatic heterocycles. The van der Waals surface area contributed by atoms with E-state index in [-0.39, 0.29) is 12.1 Å². The second-order valence-electron chi connectivity index (χ2n) is 4.70. The summed E-state index contributed by atoms with van der Waals surface area (Å²) in [5.41, 5.74) is 1.79. The van der Waals surface area contributed by atoms with E-state index < -0.39 is 0 Å². The number of anilines is 1. The van der Waals surface area contributed by atoms with Gasteiger partial charge in [0.2, 0.25) is 0 Å². The zero-order valence-electron chi connectivity index (χ0n) is 10.1. The van der Waals surface area contributed by atoms with Crippen molar-refractivity contribution in [3.05, 3.63) is 18.6 Å². The fraction of sp³-hybridized carbons (Fsp3) is 0.462. The molecule has 2 heterocycles. The van der Waals surface area contributed by atoms with Gasteiger partial charge >= 0.3 is 6.03 Å². The number of furan rings is 2. The molecule has 5 heteroatoms. The third kappa shape index (κ3) is 2.20. The van der Waals surface area contributed by atoms with E-state index in [0.717, 1.165) is 12.8 Å². The van der Waals surface area contributed by atoms with Crippen molar-refractivity contribution >= 4 is 22.9 Å². The van der Waals surface area contributed by atoms with Crippen LogP contribution in [0, 0.1) is 0 Å². The van der Waals surface area contributed by atoms with Gasteiger partial charge < -0.3 is 19.5 Å². The highest BCUT2D eigenvalue weighted by Gasteiger charge is 2.17. The van der Waals surface area contributed by atoms with Crippen LogP contribution in [0.4, 0.5) is 10.5 Å². The van der Waals surface area contributed by atoms with Crippen molar-refractivity contribution in [3.63, 3.8) is 0 Å². The summed E-state index contributed by atoms with van der Waals surface area (Å²) in [6.07, 6.45) is 8.82. The van der Waals surface area contributed by atoms with E-state index in [4.69, 9.17) is 8.83 Å². The van der Waals surface area contributed by atoms with Crippen LogP contribution in [0.2, 0.25) is 0 Å². The molecule has 0 aliphatic heterocycles. The number of amides is 2. The van der Waals surface area contributed by atoms with E-state index >= 15 is 0 Å². The van der Waals surface area contributed by atoms with Gasteiger partial charge in [-0.05, 0) is 12.8 Å². The van der Waals surface area contributed by atoms with E-state index in [9.17, 15) is 4.79 Å². The molecule has 96 valence electrons. The molecule has 0 atom stereocenters. The summed E-state index contributed by atoms with van der Waals surface area (Å²) < 4.78 is 10.5. The summed E-state index contributed by atoms with van der Waals surface area (Å²) in [5.74, 6) is 0. The Morgan fingerprint density at radius 3 is 2.89 bits per heavy atom. The first-order chi connectivity index (χ1) is 8.83. The minimum absolute atomic E-state index is 0.194. The summed E-state index contributed by atoms with van der Waals surface area (Å²) >= 11 is 0. The van der Waals surface area contributed by atoms with Gasteiger partial charge in [0.25, 0.3) is 0 Å². The Morgan fingerprint density at radius 2 is 2.06 bits per heavy atom. The Morgan fingerprint density at radius 1 is 1.22 bits per heavy atom. The highest BCUT2D eigenvalue weighted by molar-refractivity contribution is 5.97. The largest absolute Gasteiger partial charge is 0.459 e. The van der Waals surface area contributed by atoms with Crippen molar-refractivity contribution in [3.8, 4) is 0 Å². The predicted molar refractivity (Wildman–Crippen MR) is 67.5 cm³/mol. The lowest BCUT2D eigenvalue weighted by Gasteiger charge is -2.22. The van der Waals surface area contributed by atoms with Crippen LogP contribution < -0.4 is 10.6 Å². The molecule has 0 unspecified atom stereocenters. The smallest absolute Gasteiger partial charge is 0.319 e. The lowest BCUT2D eigenvalue weighted by atomic mass is 9.96. The molecular formula is C13H16N2O3. The van der Waals surface area contributed by atoms with Crippen LogP contribution in [0.25, 0.3) is 11.2 Å². The maximum absolute atomic E-state index is 11.8. The first kappa shape index (κ1) is 11.2. The monoisotopic (exact) mass is 248 g/mol. The van der Waals surface area contributed by atoms with Crippen molar-refractivity contribution in [2.24, 2.45) is 0 Å². The average molecular weight is 248 g/mol. The van der Waals surface area contributed by atoms with Gasteiger partial charge in [-0.1, -0.05) is 19.3 Å². The molecule has 0 saturated heterocycles. The maximum atomic E-state index is 11.8. The van der Waals surface area contributed by atoms with Gasteiger partial charge in [-0.3, -0.25) is 0 Å². The first-order valence-corrected chi connectivity index (χ1v) is 6.35. The molecule has 18 heavy (non-hydrogen) atoms. The van der Waals surface area contributed by atoms with E-state index in [2.05, 4.69) is 10.6 Å². The van der Waals surface area contributed by atoms with Crippen molar-refractivity contribution in [2.75, 3.05) is 5.32 Å². The Bertz CT molecular complexity index is 537. The average Bonchev–Trinajstić information content (AvgIpc) is 2.95. The second kappa shape index (κ2) is 4.76. The summed E-state index contributed by atoms with van der Waals surface area (Å²) in [6.45, 7) is 0. The number of nitrogens with one attached hydrogen (secondary N) is 2. The number of rotatable bonds is 2. The van der Waals surface area contributed by atoms with Crippen LogP contribution in [0.1, 0.15) is 32.1 Å². The first-order valence-electron chi connectivity index (χ1n) is 6.35. The van der Waals surface area contributed by atoms with Crippen molar-refractivity contribution < 1.29 is 13.6 Å². The van der Waals surface area contributed by atoms with Gasteiger partial charge in [-0.2, -0.15) is 0 Å². The predicted octanol–water partition coefficient (Wildman–Crippen LogP) is 3.48. The van der Waals surface area contributed by atoms with Crippen molar-refractivity contribution in [1.29, 1.82) is 0 Å².